The van der Waals surface area contributed by atoms with Gasteiger partial charge in [-0.15, -0.1) is 11.8 Å². The van der Waals surface area contributed by atoms with E-state index < -0.39 is 0 Å². The number of carbonyl (C=O) groups is 2. The molecule has 0 aliphatic rings. The van der Waals surface area contributed by atoms with Crippen LogP contribution in [0.15, 0.2) is 48.5 Å². The zero-order valence-corrected chi connectivity index (χ0v) is 15.2. The average molecular weight is 358 g/mol. The third kappa shape index (κ3) is 6.51. The first kappa shape index (κ1) is 18.9. The molecule has 0 unspecified atom stereocenters. The zero-order chi connectivity index (χ0) is 18.1. The minimum atomic E-state index is -0.146. The Morgan fingerprint density at radius 2 is 1.76 bits per heavy atom. The largest absolute Gasteiger partial charge is 0.494 e. The third-order valence-electron chi connectivity index (χ3n) is 3.23. The molecule has 0 saturated heterocycles. The molecule has 2 aromatic carbocycles. The van der Waals surface area contributed by atoms with Crippen LogP contribution in [0.1, 0.15) is 19.4 Å². The lowest BCUT2D eigenvalue weighted by Gasteiger charge is -2.10. The molecule has 0 radical (unpaired) electrons. The van der Waals surface area contributed by atoms with E-state index >= 15 is 0 Å². The second-order valence-electron chi connectivity index (χ2n) is 5.34. The number of carbonyl (C=O) groups excluding carboxylic acids is 2. The highest BCUT2D eigenvalue weighted by molar-refractivity contribution is 7.99. The van der Waals surface area contributed by atoms with Crippen LogP contribution in [0.4, 0.5) is 11.4 Å². The van der Waals surface area contributed by atoms with E-state index in [9.17, 15) is 9.59 Å². The predicted molar refractivity (Wildman–Crippen MR) is 103 cm³/mol. The third-order valence-corrected chi connectivity index (χ3v) is 4.21. The van der Waals surface area contributed by atoms with Gasteiger partial charge in [0, 0.05) is 29.6 Å². The average Bonchev–Trinajstić information content (AvgIpc) is 2.56. The molecule has 2 amide bonds. The van der Waals surface area contributed by atoms with Crippen LogP contribution in [0, 0.1) is 0 Å². The van der Waals surface area contributed by atoms with Gasteiger partial charge in [-0.25, -0.2) is 0 Å². The van der Waals surface area contributed by atoms with Crippen molar-refractivity contribution >= 4 is 35.0 Å². The zero-order valence-electron chi connectivity index (χ0n) is 14.4. The van der Waals surface area contributed by atoms with Gasteiger partial charge in [0.25, 0.3) is 0 Å². The van der Waals surface area contributed by atoms with E-state index in [1.165, 1.54) is 18.7 Å². The number of benzene rings is 2. The monoisotopic (exact) mass is 358 g/mol. The summed E-state index contributed by atoms with van der Waals surface area (Å²) in [4.78, 5) is 23.2. The van der Waals surface area contributed by atoms with Crippen molar-refractivity contribution in [2.45, 2.75) is 19.6 Å². The van der Waals surface area contributed by atoms with Gasteiger partial charge in [0.2, 0.25) is 11.8 Å². The van der Waals surface area contributed by atoms with Gasteiger partial charge >= 0.3 is 0 Å². The van der Waals surface area contributed by atoms with Crippen molar-refractivity contribution in [3.8, 4) is 5.75 Å². The van der Waals surface area contributed by atoms with Crippen LogP contribution in [-0.2, 0) is 15.3 Å². The van der Waals surface area contributed by atoms with E-state index in [1.54, 1.807) is 24.3 Å². The van der Waals surface area contributed by atoms with E-state index in [4.69, 9.17) is 4.74 Å². The van der Waals surface area contributed by atoms with E-state index in [1.807, 2.05) is 31.2 Å². The number of anilines is 2. The lowest BCUT2D eigenvalue weighted by molar-refractivity contribution is -0.114. The molecule has 0 aromatic heterocycles. The van der Waals surface area contributed by atoms with Gasteiger partial charge in [-0.05, 0) is 31.2 Å². The van der Waals surface area contributed by atoms with Crippen molar-refractivity contribution in [1.82, 2.24) is 0 Å². The number of ether oxygens (including phenoxy) is 1. The van der Waals surface area contributed by atoms with E-state index in [-0.39, 0.29) is 11.8 Å². The van der Waals surface area contributed by atoms with Crippen molar-refractivity contribution in [3.63, 3.8) is 0 Å². The maximum absolute atomic E-state index is 12.1. The number of nitrogens with one attached hydrogen (secondary N) is 2. The summed E-state index contributed by atoms with van der Waals surface area (Å²) in [7, 11) is 0. The number of rotatable bonds is 8. The first-order chi connectivity index (χ1) is 12.1. The Hall–Kier alpha value is -2.47. The molecule has 6 heteroatoms. The fourth-order valence-corrected chi connectivity index (χ4v) is 3.07. The first-order valence-electron chi connectivity index (χ1n) is 8.04. The summed E-state index contributed by atoms with van der Waals surface area (Å²) in [6.45, 7) is 4.02. The van der Waals surface area contributed by atoms with Gasteiger partial charge in [-0.3, -0.25) is 9.59 Å². The highest BCUT2D eigenvalue weighted by Gasteiger charge is 2.07. The van der Waals surface area contributed by atoms with Gasteiger partial charge in [-0.1, -0.05) is 24.3 Å². The fourth-order valence-electron chi connectivity index (χ4n) is 2.25. The maximum Gasteiger partial charge on any atom is 0.234 e. The predicted octanol–water partition coefficient (Wildman–Crippen LogP) is 3.92. The topological polar surface area (TPSA) is 67.4 Å². The number of hydrogen-bond donors (Lipinski definition) is 2. The van der Waals surface area contributed by atoms with E-state index in [2.05, 4.69) is 10.6 Å². The minimum Gasteiger partial charge on any atom is -0.494 e. The molecule has 2 N–H and O–H groups in total. The van der Waals surface area contributed by atoms with Crippen LogP contribution < -0.4 is 15.4 Å². The van der Waals surface area contributed by atoms with Crippen LogP contribution in [0.25, 0.3) is 0 Å². The SMILES string of the molecule is CCOc1ccccc1CSCC(=O)Nc1cccc(NC(C)=O)c1. The lowest BCUT2D eigenvalue weighted by Crippen LogP contribution is -2.14. The molecule has 0 bridgehead atoms. The van der Waals surface area contributed by atoms with Crippen molar-refractivity contribution in [2.24, 2.45) is 0 Å². The normalized spacial score (nSPS) is 10.2. The molecule has 132 valence electrons. The Labute approximate surface area is 152 Å². The van der Waals surface area contributed by atoms with Crippen LogP contribution in [0.3, 0.4) is 0 Å². The van der Waals surface area contributed by atoms with Gasteiger partial charge in [0.1, 0.15) is 5.75 Å². The summed E-state index contributed by atoms with van der Waals surface area (Å²) < 4.78 is 5.59. The van der Waals surface area contributed by atoms with Crippen LogP contribution in [0.5, 0.6) is 5.75 Å². The Kier molecular flexibility index (Phi) is 7.35. The van der Waals surface area contributed by atoms with Gasteiger partial charge in [0.05, 0.1) is 12.4 Å². The molecule has 0 spiro atoms. The molecule has 0 aliphatic carbocycles. The summed E-state index contributed by atoms with van der Waals surface area (Å²) in [5, 5.41) is 5.53. The van der Waals surface area contributed by atoms with Crippen molar-refractivity contribution in [3.05, 3.63) is 54.1 Å². The molecule has 0 saturated carbocycles. The molecule has 5 nitrogen and oxygen atoms in total. The minimum absolute atomic E-state index is 0.0844. The second kappa shape index (κ2) is 9.74. The van der Waals surface area contributed by atoms with E-state index in [0.29, 0.717) is 29.5 Å². The highest BCUT2D eigenvalue weighted by atomic mass is 32.2. The standard InChI is InChI=1S/C19H22N2O3S/c1-3-24-18-10-5-4-7-15(18)12-25-13-19(23)21-17-9-6-8-16(11-17)20-14(2)22/h4-11H,3,12-13H2,1-2H3,(H,20,22)(H,21,23). The number of para-hydroxylation sites is 1. The van der Waals surface area contributed by atoms with Crippen molar-refractivity contribution < 1.29 is 14.3 Å². The first-order valence-corrected chi connectivity index (χ1v) is 9.20. The molecular weight excluding hydrogens is 336 g/mol. The second-order valence-corrected chi connectivity index (χ2v) is 6.33. The number of hydrogen-bond acceptors (Lipinski definition) is 4. The van der Waals surface area contributed by atoms with Gasteiger partial charge < -0.3 is 15.4 Å². The molecule has 2 aromatic rings. The fraction of sp³-hybridized carbons (Fsp3) is 0.263. The molecule has 0 heterocycles. The summed E-state index contributed by atoms with van der Waals surface area (Å²) >= 11 is 1.53. The van der Waals surface area contributed by atoms with Crippen LogP contribution in [-0.4, -0.2) is 24.2 Å². The Balaban J connectivity index is 1.84. The van der Waals surface area contributed by atoms with Crippen molar-refractivity contribution in [2.75, 3.05) is 23.0 Å². The summed E-state index contributed by atoms with van der Waals surface area (Å²) in [6.07, 6.45) is 0. The highest BCUT2D eigenvalue weighted by Crippen LogP contribution is 2.23. The Morgan fingerprint density at radius 3 is 2.48 bits per heavy atom. The van der Waals surface area contributed by atoms with Gasteiger partial charge in [0.15, 0.2) is 0 Å². The van der Waals surface area contributed by atoms with Crippen molar-refractivity contribution in [1.29, 1.82) is 0 Å². The number of thioether (sulfide) groups is 1. The van der Waals surface area contributed by atoms with Gasteiger partial charge in [-0.2, -0.15) is 0 Å². The molecular formula is C19H22N2O3S. The molecule has 0 fully saturated rings. The smallest absolute Gasteiger partial charge is 0.234 e. The van der Waals surface area contributed by atoms with E-state index in [0.717, 1.165) is 11.3 Å². The van der Waals surface area contributed by atoms with Crippen LogP contribution >= 0.6 is 11.8 Å². The van der Waals surface area contributed by atoms with Crippen LogP contribution in [0.2, 0.25) is 0 Å². The Bertz CT molecular complexity index is 734. The summed E-state index contributed by atoms with van der Waals surface area (Å²) in [6, 6.07) is 14.9. The molecule has 25 heavy (non-hydrogen) atoms. The Morgan fingerprint density at radius 1 is 1.04 bits per heavy atom. The molecule has 0 atom stereocenters. The molecule has 0 aliphatic heterocycles. The quantitative estimate of drug-likeness (QED) is 0.751. The summed E-state index contributed by atoms with van der Waals surface area (Å²) in [5.74, 6) is 1.67. The maximum atomic E-state index is 12.1. The molecule has 2 rings (SSSR count). The number of amides is 2. The lowest BCUT2D eigenvalue weighted by atomic mass is 10.2. The summed E-state index contributed by atoms with van der Waals surface area (Å²) in [5.41, 5.74) is 2.39.